The van der Waals surface area contributed by atoms with E-state index in [4.69, 9.17) is 0 Å². The molecule has 1 unspecified atom stereocenters. The number of nitrogens with one attached hydrogen (secondary N) is 1. The van der Waals surface area contributed by atoms with Crippen molar-refractivity contribution in [2.45, 2.75) is 32.7 Å². The van der Waals surface area contributed by atoms with Gasteiger partial charge >= 0.3 is 0 Å². The molecule has 1 saturated heterocycles. The summed E-state index contributed by atoms with van der Waals surface area (Å²) in [6, 6.07) is 9.26. The lowest BCUT2D eigenvalue weighted by Gasteiger charge is -2.09. The molecule has 1 atom stereocenters. The minimum Gasteiger partial charge on any atom is -0.309 e. The highest BCUT2D eigenvalue weighted by molar-refractivity contribution is 5.61. The Morgan fingerprint density at radius 3 is 2.74 bits per heavy atom. The molecule has 2 aromatic rings. The molecular weight excluding hydrogens is 234 g/mol. The largest absolute Gasteiger partial charge is 0.309 e. The maximum absolute atomic E-state index is 4.67. The van der Waals surface area contributed by atoms with Gasteiger partial charge in [0.1, 0.15) is 0 Å². The van der Waals surface area contributed by atoms with Crippen LogP contribution in [0, 0.1) is 13.8 Å². The molecule has 0 aliphatic carbocycles. The molecule has 1 N–H and O–H groups in total. The Morgan fingerprint density at radius 2 is 2.05 bits per heavy atom. The minimum absolute atomic E-state index is 0.470. The van der Waals surface area contributed by atoms with Crippen LogP contribution in [0.5, 0.6) is 0 Å². The second kappa shape index (κ2) is 4.82. The molecule has 100 valence electrons. The zero-order valence-electron chi connectivity index (χ0n) is 11.9. The molecule has 3 heteroatoms. The number of hydrogen-bond acceptors (Lipinski definition) is 2. The summed E-state index contributed by atoms with van der Waals surface area (Å²) in [5.41, 5.74) is 6.24. The van der Waals surface area contributed by atoms with Crippen LogP contribution in [0.4, 0.5) is 0 Å². The van der Waals surface area contributed by atoms with Gasteiger partial charge in [-0.05, 0) is 56.5 Å². The van der Waals surface area contributed by atoms with Crippen LogP contribution in [0.3, 0.4) is 0 Å². The van der Waals surface area contributed by atoms with E-state index in [2.05, 4.69) is 48.5 Å². The normalized spacial score (nSPS) is 19.0. The van der Waals surface area contributed by atoms with E-state index < -0.39 is 0 Å². The Balaban J connectivity index is 1.96. The van der Waals surface area contributed by atoms with Crippen LogP contribution >= 0.6 is 0 Å². The van der Waals surface area contributed by atoms with Gasteiger partial charge in [-0.3, -0.25) is 4.68 Å². The first kappa shape index (κ1) is 12.4. The maximum Gasteiger partial charge on any atom is 0.0926 e. The van der Waals surface area contributed by atoms with Crippen molar-refractivity contribution in [1.29, 1.82) is 0 Å². The molecule has 0 amide bonds. The molecule has 0 spiro atoms. The SMILES string of the molecule is Cc1ccc(-c2cc(C3CCCN3)n(C)n2)cc1C. The highest BCUT2D eigenvalue weighted by Gasteiger charge is 2.20. The summed E-state index contributed by atoms with van der Waals surface area (Å²) in [6.07, 6.45) is 2.47. The Hall–Kier alpha value is -1.61. The van der Waals surface area contributed by atoms with Crippen LogP contribution in [0.25, 0.3) is 11.3 Å². The third-order valence-electron chi connectivity index (χ3n) is 4.14. The lowest BCUT2D eigenvalue weighted by Crippen LogP contribution is -2.16. The van der Waals surface area contributed by atoms with Crippen LogP contribution in [-0.2, 0) is 7.05 Å². The summed E-state index contributed by atoms with van der Waals surface area (Å²) in [4.78, 5) is 0. The Labute approximate surface area is 114 Å². The summed E-state index contributed by atoms with van der Waals surface area (Å²) in [5.74, 6) is 0. The minimum atomic E-state index is 0.470. The van der Waals surface area contributed by atoms with Gasteiger partial charge in [-0.25, -0.2) is 0 Å². The summed E-state index contributed by atoms with van der Waals surface area (Å²) in [6.45, 7) is 5.42. The van der Waals surface area contributed by atoms with E-state index >= 15 is 0 Å². The number of rotatable bonds is 2. The molecule has 3 nitrogen and oxygen atoms in total. The number of nitrogens with zero attached hydrogens (tertiary/aromatic N) is 2. The second-order valence-electron chi connectivity index (χ2n) is 5.53. The summed E-state index contributed by atoms with van der Waals surface area (Å²) in [5, 5.41) is 8.21. The fourth-order valence-corrected chi connectivity index (χ4v) is 2.79. The summed E-state index contributed by atoms with van der Waals surface area (Å²) >= 11 is 0. The van der Waals surface area contributed by atoms with Crippen LogP contribution in [0.2, 0.25) is 0 Å². The Morgan fingerprint density at radius 1 is 1.21 bits per heavy atom. The second-order valence-corrected chi connectivity index (χ2v) is 5.53. The van der Waals surface area contributed by atoms with Crippen LogP contribution in [0.15, 0.2) is 24.3 Å². The van der Waals surface area contributed by atoms with Crippen molar-refractivity contribution in [3.63, 3.8) is 0 Å². The molecule has 3 rings (SSSR count). The molecule has 19 heavy (non-hydrogen) atoms. The molecule has 1 aromatic carbocycles. The molecule has 1 fully saturated rings. The van der Waals surface area contributed by atoms with Gasteiger partial charge in [0.15, 0.2) is 0 Å². The van der Waals surface area contributed by atoms with E-state index in [1.54, 1.807) is 0 Å². The lowest BCUT2D eigenvalue weighted by molar-refractivity contribution is 0.574. The molecular formula is C16H21N3. The zero-order valence-corrected chi connectivity index (χ0v) is 11.9. The standard InChI is InChI=1S/C16H21N3/c1-11-6-7-13(9-12(11)2)15-10-16(19(3)18-15)14-5-4-8-17-14/h6-7,9-10,14,17H,4-5,8H2,1-3H3. The van der Waals surface area contributed by atoms with Crippen LogP contribution in [0.1, 0.15) is 35.7 Å². The van der Waals surface area contributed by atoms with Gasteiger partial charge in [0.05, 0.1) is 11.4 Å². The summed E-state index contributed by atoms with van der Waals surface area (Å²) in [7, 11) is 2.04. The van der Waals surface area contributed by atoms with E-state index in [0.717, 1.165) is 12.2 Å². The fraction of sp³-hybridized carbons (Fsp3) is 0.438. The number of aromatic nitrogens is 2. The van der Waals surface area contributed by atoms with Gasteiger partial charge < -0.3 is 5.32 Å². The number of benzene rings is 1. The highest BCUT2D eigenvalue weighted by Crippen LogP contribution is 2.27. The van der Waals surface area contributed by atoms with Crippen LogP contribution in [-0.4, -0.2) is 16.3 Å². The van der Waals surface area contributed by atoms with Crippen molar-refractivity contribution in [3.8, 4) is 11.3 Å². The fourth-order valence-electron chi connectivity index (χ4n) is 2.79. The van der Waals surface area contributed by atoms with Crippen molar-refractivity contribution >= 4 is 0 Å². The quantitative estimate of drug-likeness (QED) is 0.893. The van der Waals surface area contributed by atoms with E-state index in [1.807, 2.05) is 11.7 Å². The monoisotopic (exact) mass is 255 g/mol. The Bertz CT molecular complexity index is 592. The maximum atomic E-state index is 4.67. The van der Waals surface area contributed by atoms with E-state index in [1.165, 1.54) is 35.2 Å². The number of hydrogen-bond donors (Lipinski definition) is 1. The first-order valence-corrected chi connectivity index (χ1v) is 7.00. The lowest BCUT2D eigenvalue weighted by atomic mass is 10.0. The van der Waals surface area contributed by atoms with Crippen LogP contribution < -0.4 is 5.32 Å². The van der Waals surface area contributed by atoms with Gasteiger partial charge in [-0.15, -0.1) is 0 Å². The van der Waals surface area contributed by atoms with E-state index in [9.17, 15) is 0 Å². The predicted octanol–water partition coefficient (Wildman–Crippen LogP) is 3.13. The molecule has 1 aliphatic rings. The Kier molecular flexibility index (Phi) is 3.15. The highest BCUT2D eigenvalue weighted by atomic mass is 15.3. The first-order valence-electron chi connectivity index (χ1n) is 7.00. The third kappa shape index (κ3) is 2.30. The summed E-state index contributed by atoms with van der Waals surface area (Å²) < 4.78 is 2.02. The van der Waals surface area contributed by atoms with Crippen molar-refractivity contribution in [1.82, 2.24) is 15.1 Å². The van der Waals surface area contributed by atoms with Crippen molar-refractivity contribution in [3.05, 3.63) is 41.1 Å². The molecule has 0 radical (unpaired) electrons. The third-order valence-corrected chi connectivity index (χ3v) is 4.14. The smallest absolute Gasteiger partial charge is 0.0926 e. The molecule has 0 saturated carbocycles. The molecule has 0 bridgehead atoms. The van der Waals surface area contributed by atoms with E-state index in [-0.39, 0.29) is 0 Å². The number of aryl methyl sites for hydroxylation is 3. The van der Waals surface area contributed by atoms with Gasteiger partial charge in [-0.1, -0.05) is 12.1 Å². The first-order chi connectivity index (χ1) is 9.15. The van der Waals surface area contributed by atoms with Crippen molar-refractivity contribution in [2.24, 2.45) is 7.05 Å². The van der Waals surface area contributed by atoms with Crippen molar-refractivity contribution in [2.75, 3.05) is 6.54 Å². The van der Waals surface area contributed by atoms with Gasteiger partial charge in [0.2, 0.25) is 0 Å². The van der Waals surface area contributed by atoms with Gasteiger partial charge in [-0.2, -0.15) is 5.10 Å². The molecule has 1 aliphatic heterocycles. The zero-order chi connectivity index (χ0) is 13.4. The average molecular weight is 255 g/mol. The average Bonchev–Trinajstić information content (AvgIpc) is 3.01. The predicted molar refractivity (Wildman–Crippen MR) is 78.1 cm³/mol. The molecule has 1 aromatic heterocycles. The van der Waals surface area contributed by atoms with Gasteiger partial charge in [0, 0.05) is 18.7 Å². The topological polar surface area (TPSA) is 29.9 Å². The van der Waals surface area contributed by atoms with E-state index in [0.29, 0.717) is 6.04 Å². The van der Waals surface area contributed by atoms with Gasteiger partial charge in [0.25, 0.3) is 0 Å². The van der Waals surface area contributed by atoms with Crippen molar-refractivity contribution < 1.29 is 0 Å². The molecule has 2 heterocycles.